The highest BCUT2D eigenvalue weighted by Gasteiger charge is 2.09. The summed E-state index contributed by atoms with van der Waals surface area (Å²) in [6.07, 6.45) is 2.92. The summed E-state index contributed by atoms with van der Waals surface area (Å²) in [5, 5.41) is 10.3. The minimum absolute atomic E-state index is 0.0846. The van der Waals surface area contributed by atoms with Crippen molar-refractivity contribution in [2.75, 3.05) is 6.61 Å². The first kappa shape index (κ1) is 14.0. The summed E-state index contributed by atoms with van der Waals surface area (Å²) < 4.78 is 19.4. The molecule has 0 amide bonds. The zero-order valence-electron chi connectivity index (χ0n) is 11.7. The molecule has 0 atom stereocenters. The Hall–Kier alpha value is -2.95. The molecule has 0 aliphatic carbocycles. The van der Waals surface area contributed by atoms with E-state index in [1.54, 1.807) is 30.3 Å². The number of hydrogen-bond acceptors (Lipinski definition) is 4. The molecule has 3 aromatic rings. The Kier molecular flexibility index (Phi) is 3.70. The van der Waals surface area contributed by atoms with Gasteiger partial charge in [-0.05, 0) is 23.6 Å². The predicted octanol–water partition coefficient (Wildman–Crippen LogP) is 3.71. The number of pyridine rings is 2. The van der Waals surface area contributed by atoms with Crippen LogP contribution in [-0.2, 0) is 0 Å². The van der Waals surface area contributed by atoms with Gasteiger partial charge in [0.2, 0.25) is 11.8 Å². The summed E-state index contributed by atoms with van der Waals surface area (Å²) in [5.41, 5.74) is 1.39. The molecular weight excluding hydrogens is 283 g/mol. The molecule has 0 aliphatic heterocycles. The lowest BCUT2D eigenvalue weighted by Crippen LogP contribution is -1.97. The highest BCUT2D eigenvalue weighted by atomic mass is 19.1. The van der Waals surface area contributed by atoms with Crippen molar-refractivity contribution in [1.82, 2.24) is 9.97 Å². The van der Waals surface area contributed by atoms with Crippen LogP contribution in [0.5, 0.6) is 11.6 Å². The standard InChI is InChI=1S/C17H13FN2O2/c1-2-7-22-16-9-11-3-4-12(8-14(11)17(18)20-16)15-6-5-13(21)10-19-15/h2-6,8-10,21H,1,7H2. The number of aromatic nitrogens is 2. The quantitative estimate of drug-likeness (QED) is 0.589. The number of aromatic hydroxyl groups is 1. The summed E-state index contributed by atoms with van der Waals surface area (Å²) in [6.45, 7) is 3.81. The summed E-state index contributed by atoms with van der Waals surface area (Å²) in [7, 11) is 0. The van der Waals surface area contributed by atoms with E-state index in [9.17, 15) is 9.50 Å². The number of fused-ring (bicyclic) bond motifs is 1. The molecule has 0 bridgehead atoms. The predicted molar refractivity (Wildman–Crippen MR) is 82.3 cm³/mol. The number of halogens is 1. The second-order valence-electron chi connectivity index (χ2n) is 4.69. The molecule has 110 valence electrons. The molecule has 0 unspecified atom stereocenters. The van der Waals surface area contributed by atoms with Crippen molar-refractivity contribution in [3.8, 4) is 22.9 Å². The van der Waals surface area contributed by atoms with Gasteiger partial charge in [-0.25, -0.2) is 0 Å². The van der Waals surface area contributed by atoms with Crippen molar-refractivity contribution in [2.45, 2.75) is 0 Å². The minimum atomic E-state index is -0.600. The average molecular weight is 296 g/mol. The highest BCUT2D eigenvalue weighted by Crippen LogP contribution is 2.27. The molecule has 22 heavy (non-hydrogen) atoms. The van der Waals surface area contributed by atoms with Crippen molar-refractivity contribution in [2.24, 2.45) is 0 Å². The lowest BCUT2D eigenvalue weighted by atomic mass is 10.1. The fourth-order valence-electron chi connectivity index (χ4n) is 2.12. The second-order valence-corrected chi connectivity index (χ2v) is 4.69. The molecule has 0 radical (unpaired) electrons. The number of rotatable bonds is 4. The first-order valence-electron chi connectivity index (χ1n) is 6.67. The van der Waals surface area contributed by atoms with Crippen molar-refractivity contribution in [3.05, 3.63) is 61.2 Å². The Morgan fingerprint density at radius 1 is 1.23 bits per heavy atom. The van der Waals surface area contributed by atoms with Gasteiger partial charge in [-0.3, -0.25) is 4.98 Å². The molecule has 3 rings (SSSR count). The van der Waals surface area contributed by atoms with Gasteiger partial charge in [0.05, 0.1) is 11.9 Å². The van der Waals surface area contributed by atoms with Crippen LogP contribution in [0, 0.1) is 5.95 Å². The van der Waals surface area contributed by atoms with E-state index in [4.69, 9.17) is 4.74 Å². The van der Waals surface area contributed by atoms with E-state index in [1.807, 2.05) is 6.07 Å². The fourth-order valence-corrected chi connectivity index (χ4v) is 2.12. The topological polar surface area (TPSA) is 55.2 Å². The number of hydrogen-bond donors (Lipinski definition) is 1. The normalized spacial score (nSPS) is 10.6. The number of nitrogens with zero attached hydrogens (tertiary/aromatic N) is 2. The van der Waals surface area contributed by atoms with Crippen molar-refractivity contribution >= 4 is 10.8 Å². The Morgan fingerprint density at radius 3 is 2.82 bits per heavy atom. The maximum absolute atomic E-state index is 14.2. The zero-order chi connectivity index (χ0) is 15.5. The monoisotopic (exact) mass is 296 g/mol. The van der Waals surface area contributed by atoms with Gasteiger partial charge in [0, 0.05) is 17.0 Å². The SMILES string of the molecule is C=CCOc1cc2ccc(-c3ccc(O)cn3)cc2c(F)n1. The molecular formula is C17H13FN2O2. The van der Waals surface area contributed by atoms with Crippen molar-refractivity contribution < 1.29 is 14.2 Å². The van der Waals surface area contributed by atoms with E-state index in [-0.39, 0.29) is 18.2 Å². The summed E-state index contributed by atoms with van der Waals surface area (Å²) in [6, 6.07) is 10.2. The van der Waals surface area contributed by atoms with E-state index >= 15 is 0 Å². The molecule has 1 aromatic carbocycles. The van der Waals surface area contributed by atoms with Gasteiger partial charge in [-0.2, -0.15) is 9.37 Å². The van der Waals surface area contributed by atoms with E-state index in [0.29, 0.717) is 16.5 Å². The van der Waals surface area contributed by atoms with E-state index in [0.717, 1.165) is 5.56 Å². The van der Waals surface area contributed by atoms with Crippen LogP contribution in [0.4, 0.5) is 4.39 Å². The van der Waals surface area contributed by atoms with Crippen LogP contribution in [0.15, 0.2) is 55.3 Å². The number of ether oxygens (including phenoxy) is 1. The highest BCUT2D eigenvalue weighted by molar-refractivity contribution is 5.87. The van der Waals surface area contributed by atoms with Gasteiger partial charge in [0.25, 0.3) is 0 Å². The molecule has 4 nitrogen and oxygen atoms in total. The second kappa shape index (κ2) is 5.81. The lowest BCUT2D eigenvalue weighted by Gasteiger charge is -2.07. The van der Waals surface area contributed by atoms with Gasteiger partial charge >= 0.3 is 0 Å². The smallest absolute Gasteiger partial charge is 0.224 e. The number of benzene rings is 1. The Labute approximate surface area is 126 Å². The maximum Gasteiger partial charge on any atom is 0.224 e. The third-order valence-corrected chi connectivity index (χ3v) is 3.16. The average Bonchev–Trinajstić information content (AvgIpc) is 2.53. The van der Waals surface area contributed by atoms with Crippen LogP contribution in [0.25, 0.3) is 22.0 Å². The van der Waals surface area contributed by atoms with Crippen LogP contribution in [0.1, 0.15) is 0 Å². The van der Waals surface area contributed by atoms with Crippen LogP contribution in [-0.4, -0.2) is 21.7 Å². The van der Waals surface area contributed by atoms with Crippen LogP contribution >= 0.6 is 0 Å². The van der Waals surface area contributed by atoms with E-state index in [2.05, 4.69) is 16.5 Å². The Bertz CT molecular complexity index is 832. The molecule has 0 aliphatic rings. The zero-order valence-corrected chi connectivity index (χ0v) is 11.7. The summed E-state index contributed by atoms with van der Waals surface area (Å²) in [5.74, 6) is -0.293. The Balaban J connectivity index is 2.04. The molecule has 2 heterocycles. The van der Waals surface area contributed by atoms with Crippen LogP contribution in [0.2, 0.25) is 0 Å². The van der Waals surface area contributed by atoms with Crippen LogP contribution in [0.3, 0.4) is 0 Å². The molecule has 0 saturated carbocycles. The summed E-state index contributed by atoms with van der Waals surface area (Å²) in [4.78, 5) is 7.91. The molecule has 2 aromatic heterocycles. The largest absolute Gasteiger partial charge is 0.506 e. The van der Waals surface area contributed by atoms with Gasteiger partial charge in [-0.1, -0.05) is 24.8 Å². The third-order valence-electron chi connectivity index (χ3n) is 3.16. The first-order chi connectivity index (χ1) is 10.7. The first-order valence-corrected chi connectivity index (χ1v) is 6.67. The van der Waals surface area contributed by atoms with E-state index in [1.165, 1.54) is 12.3 Å². The minimum Gasteiger partial charge on any atom is -0.506 e. The molecule has 0 fully saturated rings. The summed E-state index contributed by atoms with van der Waals surface area (Å²) >= 11 is 0. The van der Waals surface area contributed by atoms with Gasteiger partial charge < -0.3 is 9.84 Å². The van der Waals surface area contributed by atoms with Gasteiger partial charge in [0.15, 0.2) is 0 Å². The van der Waals surface area contributed by atoms with Crippen molar-refractivity contribution in [1.29, 1.82) is 0 Å². The lowest BCUT2D eigenvalue weighted by molar-refractivity contribution is 0.343. The maximum atomic E-state index is 14.2. The molecule has 0 saturated heterocycles. The van der Waals surface area contributed by atoms with Gasteiger partial charge in [0.1, 0.15) is 12.4 Å². The molecule has 0 spiro atoms. The van der Waals surface area contributed by atoms with Crippen LogP contribution < -0.4 is 4.74 Å². The third kappa shape index (κ3) is 2.74. The van der Waals surface area contributed by atoms with E-state index < -0.39 is 5.95 Å². The Morgan fingerprint density at radius 2 is 2.09 bits per heavy atom. The molecule has 1 N–H and O–H groups in total. The fraction of sp³-hybridized carbons (Fsp3) is 0.0588. The molecule has 5 heteroatoms. The van der Waals surface area contributed by atoms with Crippen molar-refractivity contribution in [3.63, 3.8) is 0 Å². The van der Waals surface area contributed by atoms with Gasteiger partial charge in [-0.15, -0.1) is 0 Å².